The average Bonchev–Trinajstić information content (AvgIpc) is 2.54. The largest absolute Gasteiger partial charge is 0.350 e. The highest BCUT2D eigenvalue weighted by molar-refractivity contribution is 6.31. The lowest BCUT2D eigenvalue weighted by Crippen LogP contribution is -2.07. The van der Waals surface area contributed by atoms with Crippen molar-refractivity contribution in [3.8, 4) is 0 Å². The van der Waals surface area contributed by atoms with Crippen molar-refractivity contribution in [3.05, 3.63) is 35.0 Å². The minimum atomic E-state index is 0.0900. The van der Waals surface area contributed by atoms with Crippen LogP contribution < -0.4 is 5.73 Å². The van der Waals surface area contributed by atoms with E-state index in [-0.39, 0.29) is 6.04 Å². The highest BCUT2D eigenvalue weighted by Gasteiger charge is 2.11. The van der Waals surface area contributed by atoms with Crippen LogP contribution in [0.15, 0.2) is 24.4 Å². The van der Waals surface area contributed by atoms with Crippen molar-refractivity contribution in [2.75, 3.05) is 0 Å². The first-order valence-corrected chi connectivity index (χ1v) is 5.51. The Balaban J connectivity index is 2.69. The highest BCUT2D eigenvalue weighted by Crippen LogP contribution is 2.28. The SMILES string of the molecule is CCC(N)c1cn(C)c2ccc(Cl)cc12. The van der Waals surface area contributed by atoms with E-state index in [0.29, 0.717) is 0 Å². The van der Waals surface area contributed by atoms with Crippen molar-refractivity contribution in [1.29, 1.82) is 0 Å². The molecule has 0 radical (unpaired) electrons. The van der Waals surface area contributed by atoms with E-state index in [1.165, 1.54) is 16.5 Å². The first kappa shape index (κ1) is 10.5. The number of fused-ring (bicyclic) bond motifs is 1. The van der Waals surface area contributed by atoms with E-state index in [0.717, 1.165) is 11.4 Å². The molecule has 2 rings (SSSR count). The lowest BCUT2D eigenvalue weighted by molar-refractivity contribution is 0.700. The number of nitrogens with two attached hydrogens (primary N) is 1. The van der Waals surface area contributed by atoms with E-state index in [4.69, 9.17) is 17.3 Å². The normalized spacial score (nSPS) is 13.3. The van der Waals surface area contributed by atoms with Gasteiger partial charge in [-0.25, -0.2) is 0 Å². The quantitative estimate of drug-likeness (QED) is 0.831. The predicted octanol–water partition coefficient (Wildman–Crippen LogP) is 3.24. The second kappa shape index (κ2) is 3.87. The van der Waals surface area contributed by atoms with Gasteiger partial charge in [0.2, 0.25) is 0 Å². The maximum Gasteiger partial charge on any atom is 0.0482 e. The van der Waals surface area contributed by atoms with Crippen LogP contribution in [0.4, 0.5) is 0 Å². The molecule has 0 spiro atoms. The molecule has 1 unspecified atom stereocenters. The Morgan fingerprint density at radius 3 is 2.87 bits per heavy atom. The maximum absolute atomic E-state index is 6.07. The predicted molar refractivity (Wildman–Crippen MR) is 65.1 cm³/mol. The number of rotatable bonds is 2. The molecule has 2 aromatic rings. The van der Waals surface area contributed by atoms with Crippen molar-refractivity contribution in [1.82, 2.24) is 4.57 Å². The lowest BCUT2D eigenvalue weighted by Gasteiger charge is -2.06. The van der Waals surface area contributed by atoms with Crippen LogP contribution in [0.2, 0.25) is 5.02 Å². The molecule has 1 aromatic carbocycles. The van der Waals surface area contributed by atoms with Crippen LogP contribution in [0.25, 0.3) is 10.9 Å². The summed E-state index contributed by atoms with van der Waals surface area (Å²) < 4.78 is 2.09. The summed E-state index contributed by atoms with van der Waals surface area (Å²) in [6, 6.07) is 6.02. The summed E-state index contributed by atoms with van der Waals surface area (Å²) in [4.78, 5) is 0. The van der Waals surface area contributed by atoms with Crippen molar-refractivity contribution in [2.24, 2.45) is 12.8 Å². The third kappa shape index (κ3) is 1.75. The summed E-state index contributed by atoms with van der Waals surface area (Å²) >= 11 is 6.00. The zero-order valence-corrected chi connectivity index (χ0v) is 9.75. The molecule has 3 heteroatoms. The van der Waals surface area contributed by atoms with E-state index >= 15 is 0 Å². The molecule has 0 aliphatic heterocycles. The summed E-state index contributed by atoms with van der Waals surface area (Å²) in [5.41, 5.74) is 8.42. The monoisotopic (exact) mass is 222 g/mol. The molecule has 0 aliphatic rings. The molecule has 0 saturated heterocycles. The van der Waals surface area contributed by atoms with Gasteiger partial charge in [0.05, 0.1) is 0 Å². The molecule has 0 bridgehead atoms. The third-order valence-electron chi connectivity index (χ3n) is 2.82. The molecule has 1 atom stereocenters. The van der Waals surface area contributed by atoms with Gasteiger partial charge in [-0.05, 0) is 30.2 Å². The van der Waals surface area contributed by atoms with Crippen LogP contribution in [0.3, 0.4) is 0 Å². The molecular weight excluding hydrogens is 208 g/mol. The maximum atomic E-state index is 6.07. The van der Waals surface area contributed by atoms with Gasteiger partial charge in [-0.2, -0.15) is 0 Å². The van der Waals surface area contributed by atoms with Crippen LogP contribution in [-0.2, 0) is 7.05 Å². The van der Waals surface area contributed by atoms with Crippen LogP contribution in [0.1, 0.15) is 24.9 Å². The first-order valence-electron chi connectivity index (χ1n) is 5.13. The van der Waals surface area contributed by atoms with E-state index in [1.54, 1.807) is 0 Å². The Labute approximate surface area is 94.6 Å². The molecule has 0 aliphatic carbocycles. The second-order valence-corrected chi connectivity index (χ2v) is 4.31. The van der Waals surface area contributed by atoms with Gasteiger partial charge >= 0.3 is 0 Å². The summed E-state index contributed by atoms with van der Waals surface area (Å²) in [6.07, 6.45) is 3.03. The van der Waals surface area contributed by atoms with Crippen molar-refractivity contribution >= 4 is 22.5 Å². The van der Waals surface area contributed by atoms with Crippen LogP contribution in [-0.4, -0.2) is 4.57 Å². The molecular formula is C12H15ClN2. The Kier molecular flexibility index (Phi) is 2.72. The van der Waals surface area contributed by atoms with Crippen molar-refractivity contribution in [2.45, 2.75) is 19.4 Å². The van der Waals surface area contributed by atoms with Gasteiger partial charge in [-0.3, -0.25) is 0 Å². The smallest absolute Gasteiger partial charge is 0.0482 e. The summed E-state index contributed by atoms with van der Waals surface area (Å²) in [5.74, 6) is 0. The summed E-state index contributed by atoms with van der Waals surface area (Å²) in [6.45, 7) is 2.09. The van der Waals surface area contributed by atoms with E-state index in [2.05, 4.69) is 17.7 Å². The Hall–Kier alpha value is -0.990. The standard InChI is InChI=1S/C12H15ClN2/c1-3-11(14)10-7-15(2)12-5-4-8(13)6-9(10)12/h4-7,11H,3,14H2,1-2H3. The first-order chi connectivity index (χ1) is 7.13. The average molecular weight is 223 g/mol. The van der Waals surface area contributed by atoms with Crippen molar-refractivity contribution < 1.29 is 0 Å². The van der Waals surface area contributed by atoms with Crippen molar-refractivity contribution in [3.63, 3.8) is 0 Å². The third-order valence-corrected chi connectivity index (χ3v) is 3.06. The lowest BCUT2D eigenvalue weighted by atomic mass is 10.0. The van der Waals surface area contributed by atoms with Gasteiger partial charge in [0.1, 0.15) is 0 Å². The van der Waals surface area contributed by atoms with Crippen LogP contribution in [0, 0.1) is 0 Å². The number of halogens is 1. The van der Waals surface area contributed by atoms with Gasteiger partial charge in [0.25, 0.3) is 0 Å². The molecule has 2 nitrogen and oxygen atoms in total. The molecule has 0 amide bonds. The Morgan fingerprint density at radius 1 is 1.47 bits per heavy atom. The molecule has 1 heterocycles. The molecule has 0 saturated carbocycles. The number of aryl methyl sites for hydroxylation is 1. The van der Waals surface area contributed by atoms with Gasteiger partial charge in [-0.15, -0.1) is 0 Å². The van der Waals surface area contributed by atoms with Crippen LogP contribution in [0.5, 0.6) is 0 Å². The number of aromatic nitrogens is 1. The fraction of sp³-hybridized carbons (Fsp3) is 0.333. The molecule has 80 valence electrons. The Bertz CT molecular complexity index is 488. The van der Waals surface area contributed by atoms with Crippen LogP contribution >= 0.6 is 11.6 Å². The number of hydrogen-bond donors (Lipinski definition) is 1. The van der Waals surface area contributed by atoms with E-state index in [1.807, 2.05) is 25.2 Å². The fourth-order valence-corrected chi connectivity index (χ4v) is 2.08. The summed E-state index contributed by atoms with van der Waals surface area (Å²) in [5, 5.41) is 1.93. The molecule has 0 fully saturated rings. The van der Waals surface area contributed by atoms with E-state index in [9.17, 15) is 0 Å². The summed E-state index contributed by atoms with van der Waals surface area (Å²) in [7, 11) is 2.03. The van der Waals surface area contributed by atoms with Gasteiger partial charge in [0, 0.05) is 35.2 Å². The molecule has 1 aromatic heterocycles. The fourth-order valence-electron chi connectivity index (χ4n) is 1.91. The minimum absolute atomic E-state index is 0.0900. The number of hydrogen-bond acceptors (Lipinski definition) is 1. The van der Waals surface area contributed by atoms with Gasteiger partial charge in [-0.1, -0.05) is 18.5 Å². The Morgan fingerprint density at radius 2 is 2.20 bits per heavy atom. The molecule has 2 N–H and O–H groups in total. The number of nitrogens with zero attached hydrogens (tertiary/aromatic N) is 1. The minimum Gasteiger partial charge on any atom is -0.350 e. The topological polar surface area (TPSA) is 30.9 Å². The van der Waals surface area contributed by atoms with E-state index < -0.39 is 0 Å². The highest BCUT2D eigenvalue weighted by atomic mass is 35.5. The number of benzene rings is 1. The zero-order chi connectivity index (χ0) is 11.0. The molecule has 15 heavy (non-hydrogen) atoms. The van der Waals surface area contributed by atoms with Gasteiger partial charge < -0.3 is 10.3 Å². The van der Waals surface area contributed by atoms with Gasteiger partial charge in [0.15, 0.2) is 0 Å². The zero-order valence-electron chi connectivity index (χ0n) is 9.00. The second-order valence-electron chi connectivity index (χ2n) is 3.87.